The monoisotopic (exact) mass is 361 g/mol. The molecule has 2 aromatic carbocycles. The summed E-state index contributed by atoms with van der Waals surface area (Å²) in [5, 5.41) is 3.98. The molecule has 1 fully saturated rings. The topological polar surface area (TPSA) is 54.5 Å². The number of para-hydroxylation sites is 2. The Balaban J connectivity index is 1.52. The normalized spacial score (nSPS) is 17.1. The Morgan fingerprint density at radius 3 is 2.89 bits per heavy atom. The first kappa shape index (κ1) is 17.5. The summed E-state index contributed by atoms with van der Waals surface area (Å²) in [5.74, 6) is 0.943. The highest BCUT2D eigenvalue weighted by Crippen LogP contribution is 2.25. The van der Waals surface area contributed by atoms with Gasteiger partial charge in [-0.25, -0.2) is 0 Å². The fourth-order valence-electron chi connectivity index (χ4n) is 3.54. The minimum absolute atomic E-state index is 0.188. The van der Waals surface area contributed by atoms with Crippen molar-refractivity contribution >= 4 is 22.5 Å². The van der Waals surface area contributed by atoms with Crippen LogP contribution in [0.2, 0.25) is 0 Å². The molecule has 0 aliphatic carbocycles. The molecule has 138 valence electrons. The predicted molar refractivity (Wildman–Crippen MR) is 107 cm³/mol. The molecule has 2 heterocycles. The molecule has 1 aromatic heterocycles. The van der Waals surface area contributed by atoms with E-state index in [-0.39, 0.29) is 5.91 Å². The Hall–Kier alpha value is -2.92. The van der Waals surface area contributed by atoms with Gasteiger partial charge in [0.25, 0.3) is 5.91 Å². The molecule has 5 heteroatoms. The van der Waals surface area contributed by atoms with Crippen molar-refractivity contribution < 1.29 is 9.53 Å². The summed E-state index contributed by atoms with van der Waals surface area (Å²) >= 11 is 0. The predicted octanol–water partition coefficient (Wildman–Crippen LogP) is 3.82. The van der Waals surface area contributed by atoms with Crippen LogP contribution in [-0.4, -0.2) is 42.5 Å². The van der Waals surface area contributed by atoms with E-state index in [2.05, 4.69) is 22.2 Å². The molecule has 0 bridgehead atoms. The van der Waals surface area contributed by atoms with Crippen molar-refractivity contribution in [1.29, 1.82) is 0 Å². The SMILES string of the molecule is CN1CCC(COc2ccccc2C(=O)Nc2cccc3cccnc23)C1. The third-order valence-electron chi connectivity index (χ3n) is 4.98. The number of carbonyl (C=O) groups is 1. The van der Waals surface area contributed by atoms with Gasteiger partial charge in [-0.05, 0) is 44.3 Å². The summed E-state index contributed by atoms with van der Waals surface area (Å²) in [6.45, 7) is 2.77. The average Bonchev–Trinajstić information content (AvgIpc) is 3.12. The van der Waals surface area contributed by atoms with E-state index in [0.29, 0.717) is 29.5 Å². The van der Waals surface area contributed by atoms with E-state index >= 15 is 0 Å². The quantitative estimate of drug-likeness (QED) is 0.751. The summed E-state index contributed by atoms with van der Waals surface area (Å²) in [4.78, 5) is 19.6. The van der Waals surface area contributed by atoms with Crippen LogP contribution >= 0.6 is 0 Å². The van der Waals surface area contributed by atoms with Crippen molar-refractivity contribution in [2.75, 3.05) is 32.1 Å². The van der Waals surface area contributed by atoms with Crippen molar-refractivity contribution in [1.82, 2.24) is 9.88 Å². The molecule has 1 amide bonds. The number of pyridine rings is 1. The number of nitrogens with zero attached hydrogens (tertiary/aromatic N) is 2. The second-order valence-corrected chi connectivity index (χ2v) is 7.06. The maximum atomic E-state index is 12.9. The smallest absolute Gasteiger partial charge is 0.259 e. The molecule has 1 atom stereocenters. The number of anilines is 1. The number of hydrogen-bond donors (Lipinski definition) is 1. The van der Waals surface area contributed by atoms with Crippen LogP contribution in [0.15, 0.2) is 60.8 Å². The van der Waals surface area contributed by atoms with Gasteiger partial charge in [0.1, 0.15) is 5.75 Å². The van der Waals surface area contributed by atoms with Crippen LogP contribution in [0, 0.1) is 5.92 Å². The van der Waals surface area contributed by atoms with Crippen LogP contribution in [-0.2, 0) is 0 Å². The van der Waals surface area contributed by atoms with E-state index < -0.39 is 0 Å². The number of likely N-dealkylation sites (tertiary alicyclic amines) is 1. The van der Waals surface area contributed by atoms with E-state index in [1.807, 2.05) is 48.5 Å². The minimum atomic E-state index is -0.188. The van der Waals surface area contributed by atoms with Gasteiger partial charge in [0.05, 0.1) is 23.4 Å². The summed E-state index contributed by atoms with van der Waals surface area (Å²) in [6.07, 6.45) is 2.86. The second-order valence-electron chi connectivity index (χ2n) is 7.06. The Morgan fingerprint density at radius 2 is 2.04 bits per heavy atom. The molecule has 1 saturated heterocycles. The van der Waals surface area contributed by atoms with Crippen molar-refractivity contribution in [2.45, 2.75) is 6.42 Å². The summed E-state index contributed by atoms with van der Waals surface area (Å²) < 4.78 is 6.01. The molecular formula is C22H23N3O2. The zero-order chi connectivity index (χ0) is 18.6. The lowest BCUT2D eigenvalue weighted by molar-refractivity contribution is 0.102. The van der Waals surface area contributed by atoms with Crippen molar-refractivity contribution in [3.05, 3.63) is 66.4 Å². The summed E-state index contributed by atoms with van der Waals surface area (Å²) in [7, 11) is 2.12. The van der Waals surface area contributed by atoms with E-state index in [1.165, 1.54) is 0 Å². The fourth-order valence-corrected chi connectivity index (χ4v) is 3.54. The van der Waals surface area contributed by atoms with Crippen LogP contribution in [0.3, 0.4) is 0 Å². The number of carbonyl (C=O) groups excluding carboxylic acids is 1. The first-order valence-corrected chi connectivity index (χ1v) is 9.26. The van der Waals surface area contributed by atoms with E-state index in [4.69, 9.17) is 4.74 Å². The van der Waals surface area contributed by atoms with Gasteiger partial charge in [-0.15, -0.1) is 0 Å². The molecule has 27 heavy (non-hydrogen) atoms. The number of aromatic nitrogens is 1. The molecule has 0 spiro atoms. The van der Waals surface area contributed by atoms with Crippen LogP contribution < -0.4 is 10.1 Å². The van der Waals surface area contributed by atoms with Crippen molar-refractivity contribution in [3.8, 4) is 5.75 Å². The van der Waals surface area contributed by atoms with Gasteiger partial charge in [0.15, 0.2) is 0 Å². The number of nitrogens with one attached hydrogen (secondary N) is 1. The molecule has 5 nitrogen and oxygen atoms in total. The highest BCUT2D eigenvalue weighted by atomic mass is 16.5. The molecule has 4 rings (SSSR count). The van der Waals surface area contributed by atoms with Crippen LogP contribution in [0.25, 0.3) is 10.9 Å². The zero-order valence-corrected chi connectivity index (χ0v) is 15.4. The van der Waals surface area contributed by atoms with Gasteiger partial charge in [0.2, 0.25) is 0 Å². The maximum Gasteiger partial charge on any atom is 0.259 e. The fraction of sp³-hybridized carbons (Fsp3) is 0.273. The number of hydrogen-bond acceptors (Lipinski definition) is 4. The standard InChI is InChI=1S/C22H23N3O2/c1-25-13-11-16(14-25)15-27-20-10-3-2-8-18(20)22(26)24-19-9-4-6-17-7-5-12-23-21(17)19/h2-10,12,16H,11,13-15H2,1H3,(H,24,26). The van der Waals surface area contributed by atoms with Crippen LogP contribution in [0.4, 0.5) is 5.69 Å². The minimum Gasteiger partial charge on any atom is -0.492 e. The first-order valence-electron chi connectivity index (χ1n) is 9.26. The lowest BCUT2D eigenvalue weighted by Gasteiger charge is -2.15. The lowest BCUT2D eigenvalue weighted by Crippen LogP contribution is -2.19. The molecule has 1 unspecified atom stereocenters. The largest absolute Gasteiger partial charge is 0.492 e. The van der Waals surface area contributed by atoms with Gasteiger partial charge in [-0.3, -0.25) is 9.78 Å². The van der Waals surface area contributed by atoms with Crippen LogP contribution in [0.5, 0.6) is 5.75 Å². The molecule has 0 saturated carbocycles. The Morgan fingerprint density at radius 1 is 1.19 bits per heavy atom. The molecular weight excluding hydrogens is 338 g/mol. The molecule has 1 N–H and O–H groups in total. The summed E-state index contributed by atoms with van der Waals surface area (Å²) in [5.41, 5.74) is 2.02. The van der Waals surface area contributed by atoms with Gasteiger partial charge in [0, 0.05) is 24.0 Å². The van der Waals surface area contributed by atoms with Gasteiger partial charge >= 0.3 is 0 Å². The summed E-state index contributed by atoms with van der Waals surface area (Å²) in [6, 6.07) is 17.0. The Labute approximate surface area is 159 Å². The van der Waals surface area contributed by atoms with Gasteiger partial charge < -0.3 is 15.0 Å². The van der Waals surface area contributed by atoms with Crippen molar-refractivity contribution in [3.63, 3.8) is 0 Å². The Kier molecular flexibility index (Phi) is 5.03. The van der Waals surface area contributed by atoms with Gasteiger partial charge in [-0.1, -0.05) is 30.3 Å². The Bertz CT molecular complexity index is 952. The zero-order valence-electron chi connectivity index (χ0n) is 15.4. The highest BCUT2D eigenvalue weighted by Gasteiger charge is 2.21. The van der Waals surface area contributed by atoms with Crippen LogP contribution in [0.1, 0.15) is 16.8 Å². The second kappa shape index (κ2) is 7.76. The first-order chi connectivity index (χ1) is 13.2. The average molecular weight is 361 g/mol. The molecule has 1 aliphatic rings. The number of amides is 1. The number of benzene rings is 2. The van der Waals surface area contributed by atoms with Gasteiger partial charge in [-0.2, -0.15) is 0 Å². The lowest BCUT2D eigenvalue weighted by atomic mass is 10.1. The third kappa shape index (κ3) is 3.93. The molecule has 3 aromatic rings. The number of fused-ring (bicyclic) bond motifs is 1. The van der Waals surface area contributed by atoms with E-state index in [9.17, 15) is 4.79 Å². The highest BCUT2D eigenvalue weighted by molar-refractivity contribution is 6.09. The van der Waals surface area contributed by atoms with Crippen molar-refractivity contribution in [2.24, 2.45) is 5.92 Å². The van der Waals surface area contributed by atoms with E-state index in [0.717, 1.165) is 30.4 Å². The number of rotatable bonds is 5. The maximum absolute atomic E-state index is 12.9. The van der Waals surface area contributed by atoms with E-state index in [1.54, 1.807) is 12.3 Å². The molecule has 1 aliphatic heterocycles. The third-order valence-corrected chi connectivity index (χ3v) is 4.98. The molecule has 0 radical (unpaired) electrons. The number of ether oxygens (including phenoxy) is 1.